The number of piperazine rings is 1. The van der Waals surface area contributed by atoms with Crippen molar-refractivity contribution in [2.24, 2.45) is 17.8 Å². The van der Waals surface area contributed by atoms with E-state index in [0.29, 0.717) is 25.2 Å². The highest BCUT2D eigenvalue weighted by Crippen LogP contribution is 2.55. The summed E-state index contributed by atoms with van der Waals surface area (Å²) in [5.74, 6) is 3.12. The van der Waals surface area contributed by atoms with Crippen LogP contribution in [-0.2, 0) is 9.59 Å². The van der Waals surface area contributed by atoms with Gasteiger partial charge >= 0.3 is 0 Å². The third kappa shape index (κ3) is 3.21. The van der Waals surface area contributed by atoms with Gasteiger partial charge < -0.3 is 10.2 Å². The van der Waals surface area contributed by atoms with Crippen molar-refractivity contribution < 1.29 is 9.59 Å². The maximum absolute atomic E-state index is 13.0. The summed E-state index contributed by atoms with van der Waals surface area (Å²) in [6.07, 6.45) is 10.1. The summed E-state index contributed by atoms with van der Waals surface area (Å²) >= 11 is 0. The molecule has 0 aromatic rings. The van der Waals surface area contributed by atoms with E-state index in [1.54, 1.807) is 0 Å². The van der Waals surface area contributed by atoms with Crippen LogP contribution in [0.5, 0.6) is 0 Å². The number of rotatable bonds is 5. The van der Waals surface area contributed by atoms with Gasteiger partial charge in [0, 0.05) is 42.8 Å². The lowest BCUT2D eigenvalue weighted by molar-refractivity contribution is -0.146. The average Bonchev–Trinajstić information content (AvgIpc) is 3.18. The molecule has 3 heterocycles. The predicted octanol–water partition coefficient (Wildman–Crippen LogP) is 1.84. The number of nitrogens with zero attached hydrogens (tertiary/aromatic N) is 3. The van der Waals surface area contributed by atoms with Gasteiger partial charge in [-0.3, -0.25) is 19.4 Å². The Labute approximate surface area is 180 Å². The molecule has 2 atom stereocenters. The lowest BCUT2D eigenvalue weighted by atomic mass is 9.53. The fourth-order valence-corrected chi connectivity index (χ4v) is 8.39. The quantitative estimate of drug-likeness (QED) is 0.746. The zero-order valence-corrected chi connectivity index (χ0v) is 18.7. The van der Waals surface area contributed by atoms with E-state index >= 15 is 0 Å². The lowest BCUT2D eigenvalue weighted by Crippen LogP contribution is -2.62. The normalized spacial score (nSPS) is 43.8. The van der Waals surface area contributed by atoms with Crippen LogP contribution in [0.25, 0.3) is 0 Å². The molecule has 7 rings (SSSR count). The standard InChI is InChI=1S/C24H38N4O2/c1-23(2)3-4-28(23)22(30)15-27-13-19-8-20(27)12-26(19)14-21(29)25-24-9-16-5-17(10-24)7-18(6-16)11-24/h16-20H,3-15H2,1-2H3,(H,25,29)/t16?,17?,18?,19-,20-,24?/m0/s1. The van der Waals surface area contributed by atoms with Crippen LogP contribution in [0.4, 0.5) is 0 Å². The largest absolute Gasteiger partial charge is 0.350 e. The molecule has 0 radical (unpaired) electrons. The summed E-state index contributed by atoms with van der Waals surface area (Å²) in [4.78, 5) is 32.5. The number of hydrogen-bond donors (Lipinski definition) is 1. The number of nitrogens with one attached hydrogen (secondary N) is 1. The molecule has 4 aliphatic carbocycles. The van der Waals surface area contributed by atoms with Crippen molar-refractivity contribution in [2.75, 3.05) is 32.7 Å². The Morgan fingerprint density at radius 1 is 0.867 bits per heavy atom. The average molecular weight is 415 g/mol. The van der Waals surface area contributed by atoms with Crippen LogP contribution in [0.1, 0.15) is 65.2 Å². The molecular weight excluding hydrogens is 376 g/mol. The van der Waals surface area contributed by atoms with E-state index in [9.17, 15) is 9.59 Å². The van der Waals surface area contributed by atoms with Crippen molar-refractivity contribution in [1.29, 1.82) is 0 Å². The van der Waals surface area contributed by atoms with Crippen LogP contribution >= 0.6 is 0 Å². The van der Waals surface area contributed by atoms with Crippen LogP contribution in [0.15, 0.2) is 0 Å². The minimum absolute atomic E-state index is 0.0389. The van der Waals surface area contributed by atoms with E-state index in [-0.39, 0.29) is 22.9 Å². The Morgan fingerprint density at radius 3 is 1.90 bits per heavy atom. The molecule has 3 aliphatic heterocycles. The molecule has 0 aromatic carbocycles. The van der Waals surface area contributed by atoms with Gasteiger partial charge in [0.05, 0.1) is 13.1 Å². The van der Waals surface area contributed by atoms with E-state index < -0.39 is 0 Å². The molecule has 1 N–H and O–H groups in total. The lowest BCUT2D eigenvalue weighted by Gasteiger charge is -2.57. The van der Waals surface area contributed by atoms with E-state index in [1.807, 2.05) is 4.90 Å². The van der Waals surface area contributed by atoms with Gasteiger partial charge in [0.15, 0.2) is 0 Å². The number of carbonyl (C=O) groups is 2. The molecule has 2 amide bonds. The number of fused-ring (bicyclic) bond motifs is 2. The van der Waals surface area contributed by atoms with Crippen LogP contribution in [0.2, 0.25) is 0 Å². The topological polar surface area (TPSA) is 55.9 Å². The molecule has 7 fully saturated rings. The van der Waals surface area contributed by atoms with Crippen LogP contribution in [0.3, 0.4) is 0 Å². The second-order valence-corrected chi connectivity index (χ2v) is 12.3. The summed E-state index contributed by atoms with van der Waals surface area (Å²) in [7, 11) is 0. The van der Waals surface area contributed by atoms with Gasteiger partial charge in [-0.25, -0.2) is 0 Å². The first kappa shape index (κ1) is 19.5. The molecule has 0 spiro atoms. The van der Waals surface area contributed by atoms with Crippen molar-refractivity contribution in [3.8, 4) is 0 Å². The number of hydrogen-bond acceptors (Lipinski definition) is 4. The highest BCUT2D eigenvalue weighted by atomic mass is 16.2. The second-order valence-electron chi connectivity index (χ2n) is 12.3. The highest BCUT2D eigenvalue weighted by molar-refractivity contribution is 5.80. The fraction of sp³-hybridized carbons (Fsp3) is 0.917. The van der Waals surface area contributed by atoms with E-state index in [2.05, 4.69) is 29.0 Å². The SMILES string of the molecule is CC1(C)CCN1C(=O)CN1C[C@@H]2C[C@H]1CN2CC(=O)NC12CC3CC(CC(C3)C1)C2. The molecular formula is C24H38N4O2. The predicted molar refractivity (Wildman–Crippen MR) is 115 cm³/mol. The van der Waals surface area contributed by atoms with Crippen molar-refractivity contribution in [3.63, 3.8) is 0 Å². The summed E-state index contributed by atoms with van der Waals surface area (Å²) in [5.41, 5.74) is 0.157. The van der Waals surface area contributed by atoms with Crippen LogP contribution < -0.4 is 5.32 Å². The third-order valence-electron chi connectivity index (χ3n) is 9.57. The van der Waals surface area contributed by atoms with E-state index in [1.165, 1.54) is 38.5 Å². The zero-order valence-electron chi connectivity index (χ0n) is 18.7. The van der Waals surface area contributed by atoms with E-state index in [4.69, 9.17) is 0 Å². The summed E-state index contributed by atoms with van der Waals surface area (Å²) in [6, 6.07) is 0.880. The minimum atomic E-state index is 0.0389. The van der Waals surface area contributed by atoms with Crippen molar-refractivity contribution in [2.45, 2.75) is 88.4 Å². The van der Waals surface area contributed by atoms with Gasteiger partial charge in [-0.1, -0.05) is 0 Å². The molecule has 6 nitrogen and oxygen atoms in total. The molecule has 0 unspecified atom stereocenters. The molecule has 166 valence electrons. The fourth-order valence-electron chi connectivity index (χ4n) is 8.39. The molecule has 6 heteroatoms. The van der Waals surface area contributed by atoms with Gasteiger partial charge in [-0.2, -0.15) is 0 Å². The second kappa shape index (κ2) is 6.68. The summed E-state index contributed by atoms with van der Waals surface area (Å²) < 4.78 is 0. The molecule has 6 bridgehead atoms. The maximum atomic E-state index is 13.0. The van der Waals surface area contributed by atoms with Crippen LogP contribution in [-0.4, -0.2) is 82.4 Å². The van der Waals surface area contributed by atoms with Crippen molar-refractivity contribution in [3.05, 3.63) is 0 Å². The monoisotopic (exact) mass is 414 g/mol. The molecule has 7 aliphatic rings. The summed E-state index contributed by atoms with van der Waals surface area (Å²) in [6.45, 7) is 8.21. The summed E-state index contributed by atoms with van der Waals surface area (Å²) in [5, 5.41) is 3.54. The zero-order chi connectivity index (χ0) is 20.7. The first-order chi connectivity index (χ1) is 14.3. The first-order valence-corrected chi connectivity index (χ1v) is 12.4. The van der Waals surface area contributed by atoms with E-state index in [0.717, 1.165) is 50.2 Å². The Kier molecular flexibility index (Phi) is 4.35. The maximum Gasteiger partial charge on any atom is 0.237 e. The Bertz CT molecular complexity index is 714. The first-order valence-electron chi connectivity index (χ1n) is 12.4. The number of amides is 2. The Hall–Kier alpha value is -1.14. The van der Waals surface area contributed by atoms with Gasteiger partial charge in [0.2, 0.25) is 11.8 Å². The number of carbonyl (C=O) groups excluding carboxylic acids is 2. The molecule has 30 heavy (non-hydrogen) atoms. The third-order valence-corrected chi connectivity index (χ3v) is 9.57. The van der Waals surface area contributed by atoms with Gasteiger partial charge in [0.1, 0.15) is 0 Å². The van der Waals surface area contributed by atoms with Crippen molar-refractivity contribution in [1.82, 2.24) is 20.0 Å². The van der Waals surface area contributed by atoms with Crippen LogP contribution in [0, 0.1) is 17.8 Å². The van der Waals surface area contributed by atoms with Crippen molar-refractivity contribution >= 4 is 11.8 Å². The van der Waals surface area contributed by atoms with Gasteiger partial charge in [-0.15, -0.1) is 0 Å². The Balaban J connectivity index is 1.01. The number of likely N-dealkylation sites (tertiary alicyclic amines) is 3. The highest BCUT2D eigenvalue weighted by Gasteiger charge is 2.52. The minimum Gasteiger partial charge on any atom is -0.350 e. The molecule has 4 saturated carbocycles. The molecule has 0 aromatic heterocycles. The molecule has 3 saturated heterocycles. The Morgan fingerprint density at radius 2 is 1.43 bits per heavy atom. The van der Waals surface area contributed by atoms with Gasteiger partial charge in [0.25, 0.3) is 0 Å². The smallest absolute Gasteiger partial charge is 0.237 e. The van der Waals surface area contributed by atoms with Gasteiger partial charge in [-0.05, 0) is 83.0 Å².